The Bertz CT molecular complexity index is 554. The van der Waals surface area contributed by atoms with Gasteiger partial charge in [0.2, 0.25) is 0 Å². The molecule has 2 aromatic rings. The van der Waals surface area contributed by atoms with Crippen LogP contribution in [0.15, 0.2) is 40.8 Å². The number of furan rings is 1. The highest BCUT2D eigenvalue weighted by Gasteiger charge is 2.09. The SMILES string of the molecule is COC(=O)c1cccc(-c2ccc(C=O)o2)c1. The summed E-state index contributed by atoms with van der Waals surface area (Å²) in [7, 11) is 1.33. The van der Waals surface area contributed by atoms with Crippen LogP contribution in [0.25, 0.3) is 11.3 Å². The number of benzene rings is 1. The van der Waals surface area contributed by atoms with E-state index in [-0.39, 0.29) is 5.76 Å². The first-order valence-corrected chi connectivity index (χ1v) is 4.98. The number of carbonyl (C=O) groups excluding carboxylic acids is 2. The topological polar surface area (TPSA) is 56.5 Å². The molecule has 0 aliphatic rings. The smallest absolute Gasteiger partial charge is 0.337 e. The van der Waals surface area contributed by atoms with Gasteiger partial charge in [0.15, 0.2) is 12.0 Å². The Morgan fingerprint density at radius 3 is 2.76 bits per heavy atom. The third-order valence-corrected chi connectivity index (χ3v) is 2.31. The molecule has 0 atom stereocenters. The normalized spacial score (nSPS) is 9.94. The minimum Gasteiger partial charge on any atom is -0.465 e. The number of aldehydes is 1. The summed E-state index contributed by atoms with van der Waals surface area (Å²) in [5.74, 6) is 0.385. The standard InChI is InChI=1S/C13H10O4/c1-16-13(15)10-4-2-3-9(7-10)12-6-5-11(8-14)17-12/h2-8H,1H3. The van der Waals surface area contributed by atoms with Gasteiger partial charge in [0.1, 0.15) is 5.76 Å². The van der Waals surface area contributed by atoms with Crippen LogP contribution in [-0.2, 0) is 4.74 Å². The second kappa shape index (κ2) is 4.65. The summed E-state index contributed by atoms with van der Waals surface area (Å²) >= 11 is 0. The number of rotatable bonds is 3. The second-order valence-corrected chi connectivity index (χ2v) is 3.39. The predicted octanol–water partition coefficient (Wildman–Crippen LogP) is 2.55. The second-order valence-electron chi connectivity index (χ2n) is 3.39. The Balaban J connectivity index is 2.39. The summed E-state index contributed by atoms with van der Waals surface area (Å²) in [6.45, 7) is 0. The van der Waals surface area contributed by atoms with Gasteiger partial charge in [-0.05, 0) is 24.3 Å². The van der Waals surface area contributed by atoms with Crippen molar-refractivity contribution < 1.29 is 18.7 Å². The average molecular weight is 230 g/mol. The van der Waals surface area contributed by atoms with E-state index in [9.17, 15) is 9.59 Å². The molecule has 0 saturated carbocycles. The molecule has 86 valence electrons. The van der Waals surface area contributed by atoms with Crippen molar-refractivity contribution in [2.75, 3.05) is 7.11 Å². The van der Waals surface area contributed by atoms with Crippen LogP contribution >= 0.6 is 0 Å². The lowest BCUT2D eigenvalue weighted by Crippen LogP contribution is -2.00. The van der Waals surface area contributed by atoms with E-state index in [4.69, 9.17) is 4.42 Å². The Labute approximate surface area is 97.8 Å². The first-order valence-electron chi connectivity index (χ1n) is 4.98. The average Bonchev–Trinajstić information content (AvgIpc) is 2.86. The number of esters is 1. The summed E-state index contributed by atoms with van der Waals surface area (Å²) in [6.07, 6.45) is 0.633. The fraction of sp³-hybridized carbons (Fsp3) is 0.0769. The predicted molar refractivity (Wildman–Crippen MR) is 60.9 cm³/mol. The molecule has 0 aliphatic carbocycles. The summed E-state index contributed by atoms with van der Waals surface area (Å²) < 4.78 is 9.89. The van der Waals surface area contributed by atoms with Crippen molar-refractivity contribution in [3.05, 3.63) is 47.7 Å². The first-order chi connectivity index (χ1) is 8.24. The zero-order valence-electron chi connectivity index (χ0n) is 9.17. The van der Waals surface area contributed by atoms with Gasteiger partial charge in [-0.2, -0.15) is 0 Å². The highest BCUT2D eigenvalue weighted by Crippen LogP contribution is 2.22. The molecule has 0 unspecified atom stereocenters. The number of methoxy groups -OCH3 is 1. The number of carbonyl (C=O) groups is 2. The van der Waals surface area contributed by atoms with Crippen LogP contribution in [0.5, 0.6) is 0 Å². The third-order valence-electron chi connectivity index (χ3n) is 2.31. The Morgan fingerprint density at radius 1 is 1.29 bits per heavy atom. The molecule has 0 saturated heterocycles. The highest BCUT2D eigenvalue weighted by molar-refractivity contribution is 5.90. The Hall–Kier alpha value is -2.36. The van der Waals surface area contributed by atoms with E-state index >= 15 is 0 Å². The summed E-state index contributed by atoms with van der Waals surface area (Å²) in [6, 6.07) is 10.1. The molecule has 0 spiro atoms. The largest absolute Gasteiger partial charge is 0.465 e. The quantitative estimate of drug-likeness (QED) is 0.600. The van der Waals surface area contributed by atoms with Gasteiger partial charge in [-0.1, -0.05) is 12.1 Å². The summed E-state index contributed by atoms with van der Waals surface area (Å²) in [5, 5.41) is 0. The Kier molecular flexibility index (Phi) is 3.05. The zero-order chi connectivity index (χ0) is 12.3. The van der Waals surface area contributed by atoms with Crippen LogP contribution in [0.4, 0.5) is 0 Å². The van der Waals surface area contributed by atoms with Gasteiger partial charge < -0.3 is 9.15 Å². The number of ether oxygens (including phenoxy) is 1. The van der Waals surface area contributed by atoms with Crippen molar-refractivity contribution >= 4 is 12.3 Å². The van der Waals surface area contributed by atoms with Crippen molar-refractivity contribution in [1.82, 2.24) is 0 Å². The molecular formula is C13H10O4. The van der Waals surface area contributed by atoms with Crippen molar-refractivity contribution in [3.63, 3.8) is 0 Å². The van der Waals surface area contributed by atoms with E-state index in [1.807, 2.05) is 0 Å². The van der Waals surface area contributed by atoms with E-state index in [1.54, 1.807) is 36.4 Å². The third kappa shape index (κ3) is 2.25. The van der Waals surface area contributed by atoms with Gasteiger partial charge >= 0.3 is 5.97 Å². The maximum atomic E-state index is 11.3. The minimum atomic E-state index is -0.408. The van der Waals surface area contributed by atoms with Gasteiger partial charge in [0.05, 0.1) is 12.7 Å². The molecule has 1 aromatic carbocycles. The molecule has 4 nitrogen and oxygen atoms in total. The van der Waals surface area contributed by atoms with Crippen molar-refractivity contribution in [2.24, 2.45) is 0 Å². The van der Waals surface area contributed by atoms with Crippen molar-refractivity contribution in [2.45, 2.75) is 0 Å². The number of hydrogen-bond acceptors (Lipinski definition) is 4. The van der Waals surface area contributed by atoms with E-state index in [2.05, 4.69) is 4.74 Å². The van der Waals surface area contributed by atoms with Crippen LogP contribution in [0.3, 0.4) is 0 Å². The van der Waals surface area contributed by atoms with Crippen LogP contribution in [0.2, 0.25) is 0 Å². The lowest BCUT2D eigenvalue weighted by Gasteiger charge is -2.01. The lowest BCUT2D eigenvalue weighted by atomic mass is 10.1. The first kappa shape index (κ1) is 11.1. The van der Waals surface area contributed by atoms with E-state index < -0.39 is 5.97 Å². The molecule has 1 heterocycles. The number of hydrogen-bond donors (Lipinski definition) is 0. The Morgan fingerprint density at radius 2 is 2.12 bits per heavy atom. The van der Waals surface area contributed by atoms with Crippen LogP contribution in [0.1, 0.15) is 20.9 Å². The molecule has 0 fully saturated rings. The molecule has 17 heavy (non-hydrogen) atoms. The molecule has 0 amide bonds. The van der Waals surface area contributed by atoms with Gasteiger partial charge in [-0.15, -0.1) is 0 Å². The molecule has 0 aliphatic heterocycles. The molecule has 2 rings (SSSR count). The molecule has 0 radical (unpaired) electrons. The van der Waals surface area contributed by atoms with Gasteiger partial charge in [-0.25, -0.2) is 4.79 Å². The molecule has 1 aromatic heterocycles. The highest BCUT2D eigenvalue weighted by atomic mass is 16.5. The van der Waals surface area contributed by atoms with E-state index in [0.29, 0.717) is 17.6 Å². The monoisotopic (exact) mass is 230 g/mol. The maximum absolute atomic E-state index is 11.3. The van der Waals surface area contributed by atoms with E-state index in [1.165, 1.54) is 7.11 Å². The van der Waals surface area contributed by atoms with Crippen LogP contribution in [0, 0.1) is 0 Å². The van der Waals surface area contributed by atoms with Crippen LogP contribution < -0.4 is 0 Å². The van der Waals surface area contributed by atoms with Gasteiger partial charge in [0.25, 0.3) is 0 Å². The summed E-state index contributed by atoms with van der Waals surface area (Å²) in [5.41, 5.74) is 1.16. The fourth-order valence-corrected chi connectivity index (χ4v) is 1.49. The van der Waals surface area contributed by atoms with Gasteiger partial charge in [-0.3, -0.25) is 4.79 Å². The fourth-order valence-electron chi connectivity index (χ4n) is 1.49. The van der Waals surface area contributed by atoms with Gasteiger partial charge in [0, 0.05) is 5.56 Å². The molecular weight excluding hydrogens is 220 g/mol. The van der Waals surface area contributed by atoms with Crippen molar-refractivity contribution in [3.8, 4) is 11.3 Å². The van der Waals surface area contributed by atoms with Crippen molar-refractivity contribution in [1.29, 1.82) is 0 Å². The minimum absolute atomic E-state index is 0.253. The lowest BCUT2D eigenvalue weighted by molar-refractivity contribution is 0.0600. The maximum Gasteiger partial charge on any atom is 0.337 e. The summed E-state index contributed by atoms with van der Waals surface area (Å²) in [4.78, 5) is 21.9. The zero-order valence-corrected chi connectivity index (χ0v) is 9.17. The molecule has 4 heteroatoms. The van der Waals surface area contributed by atoms with E-state index in [0.717, 1.165) is 5.56 Å². The molecule has 0 bridgehead atoms. The van der Waals surface area contributed by atoms with Crippen LogP contribution in [-0.4, -0.2) is 19.4 Å². The molecule has 0 N–H and O–H groups in total.